The van der Waals surface area contributed by atoms with Gasteiger partial charge in [-0.05, 0) is 103 Å². The van der Waals surface area contributed by atoms with Crippen molar-refractivity contribution in [3.63, 3.8) is 0 Å². The first-order chi connectivity index (χ1) is 38.6. The molecule has 0 radical (unpaired) electrons. The molecule has 0 spiro atoms. The zero-order valence-electron chi connectivity index (χ0n) is 48.0. The fourth-order valence-corrected chi connectivity index (χ4v) is 8.77. The monoisotopic (exact) mass is 1110 g/mol. The van der Waals surface area contributed by atoms with E-state index in [1.54, 1.807) is 6.08 Å². The highest BCUT2D eigenvalue weighted by Gasteiger charge is 2.51. The van der Waals surface area contributed by atoms with E-state index in [0.717, 1.165) is 89.9 Å². The maximum absolute atomic E-state index is 13.2. The van der Waals surface area contributed by atoms with Gasteiger partial charge in [-0.2, -0.15) is 0 Å². The van der Waals surface area contributed by atoms with Crippen LogP contribution in [-0.4, -0.2) is 140 Å². The van der Waals surface area contributed by atoms with Gasteiger partial charge in [-0.1, -0.05) is 199 Å². The Hall–Kier alpha value is -3.87. The quantitative estimate of drug-likeness (QED) is 0.0205. The van der Waals surface area contributed by atoms with Crippen molar-refractivity contribution in [3.8, 4) is 0 Å². The van der Waals surface area contributed by atoms with E-state index in [1.807, 2.05) is 6.08 Å². The fraction of sp³-hybridized carbons (Fsp3) is 0.646. The van der Waals surface area contributed by atoms with Crippen LogP contribution >= 0.6 is 0 Å². The molecule has 0 aromatic rings. The topological polar surface area (TPSA) is 228 Å². The van der Waals surface area contributed by atoms with Crippen LogP contribution in [0.15, 0.2) is 134 Å². The summed E-state index contributed by atoms with van der Waals surface area (Å²) < 4.78 is 22.7. The average Bonchev–Trinajstić information content (AvgIpc) is 3.55. The van der Waals surface area contributed by atoms with Crippen LogP contribution < -0.4 is 5.32 Å². The smallest absolute Gasteiger partial charge is 0.220 e. The lowest BCUT2D eigenvalue weighted by atomic mass is 9.97. The summed E-state index contributed by atoms with van der Waals surface area (Å²) in [5, 5.41) is 87.0. The van der Waals surface area contributed by atoms with Gasteiger partial charge in [0.15, 0.2) is 12.6 Å². The third-order valence-electron chi connectivity index (χ3n) is 13.6. The second kappa shape index (κ2) is 48.8. The summed E-state index contributed by atoms with van der Waals surface area (Å²) in [6, 6.07) is -0.959. The van der Waals surface area contributed by atoms with E-state index >= 15 is 0 Å². The minimum absolute atomic E-state index is 0.224. The maximum Gasteiger partial charge on any atom is 0.220 e. The number of allylic oxidation sites excluding steroid dienone is 21. The number of ether oxygens (including phenoxy) is 4. The summed E-state index contributed by atoms with van der Waals surface area (Å²) in [5.41, 5.74) is 0. The number of aliphatic hydroxyl groups excluding tert-OH is 8. The van der Waals surface area contributed by atoms with Crippen LogP contribution in [-0.2, 0) is 23.7 Å². The Kier molecular flexibility index (Phi) is 44.0. The molecule has 1 amide bonds. The number of nitrogens with one attached hydrogen (secondary N) is 1. The number of hydrogen-bond acceptors (Lipinski definition) is 13. The summed E-state index contributed by atoms with van der Waals surface area (Å²) >= 11 is 0. The van der Waals surface area contributed by atoms with Crippen molar-refractivity contribution in [2.75, 3.05) is 19.8 Å². The molecular weight excluding hydrogens is 1000 g/mol. The molecule has 14 heteroatoms. The molecule has 2 heterocycles. The minimum atomic E-state index is -1.80. The van der Waals surface area contributed by atoms with Gasteiger partial charge in [0.2, 0.25) is 5.91 Å². The maximum atomic E-state index is 13.2. The molecule has 0 aromatic carbocycles. The van der Waals surface area contributed by atoms with Crippen molar-refractivity contribution in [1.29, 1.82) is 0 Å². The van der Waals surface area contributed by atoms with Gasteiger partial charge in [-0.25, -0.2) is 0 Å². The highest BCUT2D eigenvalue weighted by molar-refractivity contribution is 5.76. The molecule has 2 aliphatic rings. The fourth-order valence-electron chi connectivity index (χ4n) is 8.77. The van der Waals surface area contributed by atoms with Gasteiger partial charge in [0.05, 0.1) is 32.0 Å². The van der Waals surface area contributed by atoms with Crippen LogP contribution in [0.5, 0.6) is 0 Å². The molecule has 14 nitrogen and oxygen atoms in total. The highest BCUT2D eigenvalue weighted by Crippen LogP contribution is 2.30. The molecule has 0 bridgehead atoms. The van der Waals surface area contributed by atoms with E-state index in [0.29, 0.717) is 12.8 Å². The van der Waals surface area contributed by atoms with Crippen LogP contribution in [0, 0.1) is 0 Å². The first-order valence-corrected chi connectivity index (χ1v) is 29.9. The molecule has 0 aromatic heterocycles. The lowest BCUT2D eigenvalue weighted by Crippen LogP contribution is -2.65. The predicted molar refractivity (Wildman–Crippen MR) is 318 cm³/mol. The van der Waals surface area contributed by atoms with Crippen molar-refractivity contribution in [2.24, 2.45) is 0 Å². The van der Waals surface area contributed by atoms with Gasteiger partial charge < -0.3 is 65.1 Å². The number of carbonyl (C=O) groups is 1. The van der Waals surface area contributed by atoms with Crippen LogP contribution in [0.25, 0.3) is 0 Å². The van der Waals surface area contributed by atoms with Crippen LogP contribution in [0.4, 0.5) is 0 Å². The van der Waals surface area contributed by atoms with Crippen molar-refractivity contribution in [3.05, 3.63) is 134 Å². The standard InChI is InChI=1S/C65H105NO13/c1-3-5-7-9-11-13-15-17-19-20-21-22-23-24-25-26-27-28-29-30-31-32-33-34-35-37-39-41-43-45-47-49-57(70)66-53(54(69)48-46-44-42-40-38-36-18-16-14-12-10-8-6-4-2)52-76-64-62(75)60(73)63(56(51-68)78-64)79-65-61(74)59(72)58(71)55(50-67)77-65/h5,7,11,13,17,19,21-22,24-25,27-28,30-31,33-34,37-40,46,48,53-56,58-65,67-69,71-75H,3-4,6,8-10,12,14-16,18,20,23,26,29,32,35-36,41-45,47,49-52H2,1-2H3,(H,66,70)/b7-5-,13-11-,19-17-,22-21-,25-24-,28-27-,31-30-,34-33-,39-37-,40-38+,48-46+. The molecule has 2 fully saturated rings. The van der Waals surface area contributed by atoms with Crippen molar-refractivity contribution >= 4 is 5.91 Å². The summed E-state index contributed by atoms with van der Waals surface area (Å²) in [6.45, 7) is 2.60. The molecule has 448 valence electrons. The second-order valence-corrected chi connectivity index (χ2v) is 20.4. The van der Waals surface area contributed by atoms with Crippen LogP contribution in [0.2, 0.25) is 0 Å². The Balaban J connectivity index is 1.76. The largest absolute Gasteiger partial charge is 0.394 e. The third-order valence-corrected chi connectivity index (χ3v) is 13.6. The summed E-state index contributed by atoms with van der Waals surface area (Å²) in [6.07, 6.45) is 54.9. The average molecular weight is 1110 g/mol. The van der Waals surface area contributed by atoms with Gasteiger partial charge >= 0.3 is 0 Å². The summed E-state index contributed by atoms with van der Waals surface area (Å²) in [5.74, 6) is -0.289. The molecule has 0 aliphatic carbocycles. The number of aliphatic hydroxyl groups is 8. The lowest BCUT2D eigenvalue weighted by molar-refractivity contribution is -0.359. The summed E-state index contributed by atoms with van der Waals surface area (Å²) in [4.78, 5) is 13.2. The zero-order chi connectivity index (χ0) is 57.4. The van der Waals surface area contributed by atoms with Gasteiger partial charge in [-0.3, -0.25) is 4.79 Å². The Morgan fingerprint density at radius 1 is 0.468 bits per heavy atom. The van der Waals surface area contributed by atoms with Gasteiger partial charge in [0.1, 0.15) is 48.8 Å². The van der Waals surface area contributed by atoms with E-state index in [1.165, 1.54) is 51.4 Å². The molecule has 9 N–H and O–H groups in total. The normalized spacial score (nSPS) is 25.4. The summed E-state index contributed by atoms with van der Waals surface area (Å²) in [7, 11) is 0. The van der Waals surface area contributed by atoms with Crippen LogP contribution in [0.3, 0.4) is 0 Å². The molecule has 12 atom stereocenters. The van der Waals surface area contributed by atoms with E-state index in [4.69, 9.17) is 18.9 Å². The van der Waals surface area contributed by atoms with Gasteiger partial charge in [0, 0.05) is 6.42 Å². The second-order valence-electron chi connectivity index (χ2n) is 20.4. The number of rotatable bonds is 45. The Bertz CT molecular complexity index is 1830. The SMILES string of the molecule is CC/C=C\C/C=C\C/C=C\C/C=C\C/C=C\C/C=C\C/C=C\C/C=C\C/C=C\CCCCCC(=O)NC(COC1OC(CO)C(OC2OC(CO)C(O)C(O)C2O)C(O)C1O)C(O)/C=C/CC/C=C/CCCCCCCCCC. The number of unbranched alkanes of at least 4 members (excludes halogenated alkanes) is 12. The van der Waals surface area contributed by atoms with Gasteiger partial charge in [-0.15, -0.1) is 0 Å². The molecule has 2 aliphatic heterocycles. The van der Waals surface area contributed by atoms with Crippen molar-refractivity contribution < 1.29 is 64.6 Å². The highest BCUT2D eigenvalue weighted by atomic mass is 16.7. The van der Waals surface area contributed by atoms with E-state index in [2.05, 4.69) is 141 Å². The van der Waals surface area contributed by atoms with E-state index in [9.17, 15) is 45.6 Å². The Labute approximate surface area is 475 Å². The molecule has 2 saturated heterocycles. The van der Waals surface area contributed by atoms with Crippen molar-refractivity contribution in [2.45, 2.75) is 248 Å². The lowest BCUT2D eigenvalue weighted by Gasteiger charge is -2.46. The zero-order valence-corrected chi connectivity index (χ0v) is 48.0. The number of amides is 1. The third kappa shape index (κ3) is 34.2. The molecule has 12 unspecified atom stereocenters. The van der Waals surface area contributed by atoms with E-state index < -0.39 is 86.8 Å². The Morgan fingerprint density at radius 2 is 0.886 bits per heavy atom. The Morgan fingerprint density at radius 3 is 1.39 bits per heavy atom. The number of carbonyl (C=O) groups excluding carboxylic acids is 1. The van der Waals surface area contributed by atoms with E-state index in [-0.39, 0.29) is 18.9 Å². The molecule has 79 heavy (non-hydrogen) atoms. The minimum Gasteiger partial charge on any atom is -0.394 e. The first kappa shape index (κ1) is 71.2. The first-order valence-electron chi connectivity index (χ1n) is 29.9. The molecule has 0 saturated carbocycles. The number of hydrogen-bond donors (Lipinski definition) is 9. The van der Waals surface area contributed by atoms with Crippen LogP contribution in [0.1, 0.15) is 174 Å². The molecule has 2 rings (SSSR count). The van der Waals surface area contributed by atoms with Crippen molar-refractivity contribution in [1.82, 2.24) is 5.32 Å². The predicted octanol–water partition coefficient (Wildman–Crippen LogP) is 10.4. The van der Waals surface area contributed by atoms with Gasteiger partial charge in [0.25, 0.3) is 0 Å². The molecular formula is C65H105NO13.